The molecule has 0 spiro atoms. The molecule has 0 radical (unpaired) electrons. The van der Waals surface area contributed by atoms with Crippen molar-refractivity contribution in [2.24, 2.45) is 0 Å². The van der Waals surface area contributed by atoms with E-state index in [9.17, 15) is 8.42 Å². The van der Waals surface area contributed by atoms with Gasteiger partial charge in [0.15, 0.2) is 0 Å². The Balaban J connectivity index is 2.77. The number of aryl methyl sites for hydroxylation is 1. The van der Waals surface area contributed by atoms with Gasteiger partial charge in [-0.15, -0.1) is 6.42 Å². The second-order valence-corrected chi connectivity index (χ2v) is 8.02. The van der Waals surface area contributed by atoms with Gasteiger partial charge in [-0.25, -0.2) is 8.42 Å². The summed E-state index contributed by atoms with van der Waals surface area (Å²) < 4.78 is 27.7. The Morgan fingerprint density at radius 3 is 2.48 bits per heavy atom. The van der Waals surface area contributed by atoms with E-state index in [0.29, 0.717) is 0 Å². The molecule has 1 rings (SSSR count). The molecule has 23 heavy (non-hydrogen) atoms. The molecule has 0 saturated carbocycles. The summed E-state index contributed by atoms with van der Waals surface area (Å²) in [4.78, 5) is 0.268. The maximum absolute atomic E-state index is 12.6. The number of hydrogen-bond donors (Lipinski definition) is 0. The second kappa shape index (κ2) is 10.6. The van der Waals surface area contributed by atoms with Crippen molar-refractivity contribution in [1.29, 1.82) is 0 Å². The van der Waals surface area contributed by atoms with E-state index in [0.717, 1.165) is 22.8 Å². The maximum Gasteiger partial charge on any atom is 0.244 e. The Bertz CT molecular complexity index is 670. The van der Waals surface area contributed by atoms with E-state index in [1.54, 1.807) is 24.3 Å². The topological polar surface area (TPSA) is 37.4 Å². The Kier molecular flexibility index (Phi) is 9.22. The van der Waals surface area contributed by atoms with Crippen molar-refractivity contribution in [3.8, 4) is 12.3 Å². The van der Waals surface area contributed by atoms with Crippen LogP contribution in [0.15, 0.2) is 53.5 Å². The van der Waals surface area contributed by atoms with E-state index < -0.39 is 10.0 Å². The second-order valence-electron chi connectivity index (χ2n) is 5.00. The fourth-order valence-electron chi connectivity index (χ4n) is 1.84. The van der Waals surface area contributed by atoms with Gasteiger partial charge >= 0.3 is 0 Å². The number of alkyl halides is 1. The van der Waals surface area contributed by atoms with Crippen molar-refractivity contribution in [3.05, 3.63) is 54.1 Å². The van der Waals surface area contributed by atoms with Gasteiger partial charge in [0, 0.05) is 6.54 Å². The predicted octanol–water partition coefficient (Wildman–Crippen LogP) is 3.95. The summed E-state index contributed by atoms with van der Waals surface area (Å²) >= 11 is 2.35. The van der Waals surface area contributed by atoms with Crippen LogP contribution in [0.25, 0.3) is 0 Å². The lowest BCUT2D eigenvalue weighted by atomic mass is 10.2. The quantitative estimate of drug-likeness (QED) is 0.191. The van der Waals surface area contributed by atoms with Gasteiger partial charge < -0.3 is 0 Å². The number of nitrogens with zero attached hydrogens (tertiary/aromatic N) is 1. The number of benzene rings is 1. The summed E-state index contributed by atoms with van der Waals surface area (Å²) in [6.07, 6.45) is 15.2. The third-order valence-electron chi connectivity index (χ3n) is 3.12. The van der Waals surface area contributed by atoms with Crippen molar-refractivity contribution < 1.29 is 8.42 Å². The highest BCUT2D eigenvalue weighted by Crippen LogP contribution is 2.16. The molecule has 0 fully saturated rings. The van der Waals surface area contributed by atoms with Gasteiger partial charge in [-0.3, -0.25) is 0 Å². The van der Waals surface area contributed by atoms with Crippen molar-refractivity contribution in [1.82, 2.24) is 4.31 Å². The summed E-state index contributed by atoms with van der Waals surface area (Å²) in [6.45, 7) is 2.24. The van der Waals surface area contributed by atoms with Crippen LogP contribution in [0.3, 0.4) is 0 Å². The molecule has 0 amide bonds. The third kappa shape index (κ3) is 6.90. The Morgan fingerprint density at radius 2 is 1.87 bits per heavy atom. The van der Waals surface area contributed by atoms with Crippen LogP contribution < -0.4 is 0 Å². The number of unbranched alkanes of at least 4 members (excludes halogenated alkanes) is 1. The summed E-state index contributed by atoms with van der Waals surface area (Å²) in [5.74, 6) is 2.42. The first-order chi connectivity index (χ1) is 11.0. The van der Waals surface area contributed by atoms with Crippen LogP contribution in [0.5, 0.6) is 0 Å². The Labute approximate surface area is 153 Å². The first-order valence-electron chi connectivity index (χ1n) is 7.40. The van der Waals surface area contributed by atoms with Crippen LogP contribution in [-0.2, 0) is 10.0 Å². The van der Waals surface area contributed by atoms with Gasteiger partial charge in [-0.05, 0) is 36.3 Å². The zero-order chi connectivity index (χ0) is 17.1. The first-order valence-corrected chi connectivity index (χ1v) is 10.4. The molecule has 0 saturated heterocycles. The zero-order valence-electron chi connectivity index (χ0n) is 13.3. The highest BCUT2D eigenvalue weighted by atomic mass is 127. The van der Waals surface area contributed by atoms with E-state index in [4.69, 9.17) is 6.42 Å². The number of hydrogen-bond acceptors (Lipinski definition) is 2. The molecule has 0 atom stereocenters. The van der Waals surface area contributed by atoms with Crippen LogP contribution in [0.2, 0.25) is 0 Å². The Hall–Kier alpha value is -1.10. The molecular formula is C18H22INO2S. The van der Waals surface area contributed by atoms with Crippen molar-refractivity contribution in [2.45, 2.75) is 24.7 Å². The minimum absolute atomic E-state index is 0.0547. The van der Waals surface area contributed by atoms with E-state index in [2.05, 4.69) is 34.6 Å². The summed E-state index contributed by atoms with van der Waals surface area (Å²) in [6, 6.07) is 6.79. The lowest BCUT2D eigenvalue weighted by Gasteiger charge is -2.18. The van der Waals surface area contributed by atoms with E-state index in [1.807, 2.05) is 25.2 Å². The number of sulfonamides is 1. The molecule has 5 heteroatoms. The van der Waals surface area contributed by atoms with E-state index in [1.165, 1.54) is 4.31 Å². The average molecular weight is 443 g/mol. The number of terminal acetylenes is 1. The maximum atomic E-state index is 12.6. The lowest BCUT2D eigenvalue weighted by Crippen LogP contribution is -2.31. The van der Waals surface area contributed by atoms with Crippen LogP contribution in [0.1, 0.15) is 18.4 Å². The van der Waals surface area contributed by atoms with Crippen LogP contribution in [0.4, 0.5) is 0 Å². The number of allylic oxidation sites excluding steroid dienone is 3. The molecule has 0 heterocycles. The van der Waals surface area contributed by atoms with E-state index in [-0.39, 0.29) is 18.0 Å². The van der Waals surface area contributed by atoms with Gasteiger partial charge in [0.25, 0.3) is 0 Å². The van der Waals surface area contributed by atoms with Crippen molar-refractivity contribution in [2.75, 3.05) is 17.5 Å². The molecule has 0 aliphatic carbocycles. The SMILES string of the molecule is C#CCN(C/C=C/C=C/CCCI)S(=O)(=O)c1ccc(C)cc1. The van der Waals surface area contributed by atoms with Gasteiger partial charge in [-0.1, -0.05) is 70.5 Å². The van der Waals surface area contributed by atoms with Crippen molar-refractivity contribution in [3.63, 3.8) is 0 Å². The molecule has 0 bridgehead atoms. The van der Waals surface area contributed by atoms with Gasteiger partial charge in [0.05, 0.1) is 11.4 Å². The smallest absolute Gasteiger partial charge is 0.207 e. The molecule has 0 aliphatic heterocycles. The zero-order valence-corrected chi connectivity index (χ0v) is 16.3. The normalized spacial score (nSPS) is 12.3. The van der Waals surface area contributed by atoms with Crippen LogP contribution >= 0.6 is 22.6 Å². The first kappa shape index (κ1) is 19.9. The standard InChI is InChI=1S/C18H22INO2S/c1-3-15-20(16-9-7-5-4-6-8-14-19)23(21,22)18-12-10-17(2)11-13-18/h1,4-5,7,9-13H,6,8,14-16H2,2H3/b5-4+,9-7+. The van der Waals surface area contributed by atoms with Gasteiger partial charge in [0.1, 0.15) is 0 Å². The fraction of sp³-hybridized carbons (Fsp3) is 0.333. The highest BCUT2D eigenvalue weighted by molar-refractivity contribution is 14.1. The fourth-order valence-corrected chi connectivity index (χ4v) is 3.58. The molecule has 0 aromatic heterocycles. The predicted molar refractivity (Wildman–Crippen MR) is 105 cm³/mol. The molecular weight excluding hydrogens is 421 g/mol. The Morgan fingerprint density at radius 1 is 1.22 bits per heavy atom. The monoisotopic (exact) mass is 443 g/mol. The van der Waals surface area contributed by atoms with Crippen LogP contribution in [-0.4, -0.2) is 30.2 Å². The molecule has 0 N–H and O–H groups in total. The lowest BCUT2D eigenvalue weighted by molar-refractivity contribution is 0.478. The largest absolute Gasteiger partial charge is 0.244 e. The molecule has 1 aromatic rings. The highest BCUT2D eigenvalue weighted by Gasteiger charge is 2.22. The molecule has 3 nitrogen and oxygen atoms in total. The average Bonchev–Trinajstić information content (AvgIpc) is 2.53. The molecule has 1 aromatic carbocycles. The summed E-state index contributed by atoms with van der Waals surface area (Å²) in [5, 5.41) is 0. The van der Waals surface area contributed by atoms with Crippen LogP contribution in [0, 0.1) is 19.3 Å². The molecule has 124 valence electrons. The summed E-state index contributed by atoms with van der Waals surface area (Å²) in [5.41, 5.74) is 1.02. The minimum Gasteiger partial charge on any atom is -0.207 e. The third-order valence-corrected chi connectivity index (χ3v) is 5.71. The number of rotatable bonds is 9. The van der Waals surface area contributed by atoms with Gasteiger partial charge in [-0.2, -0.15) is 4.31 Å². The molecule has 0 unspecified atom stereocenters. The number of halogens is 1. The molecule has 0 aliphatic rings. The van der Waals surface area contributed by atoms with E-state index >= 15 is 0 Å². The van der Waals surface area contributed by atoms with Crippen molar-refractivity contribution >= 4 is 32.6 Å². The minimum atomic E-state index is -3.57. The van der Waals surface area contributed by atoms with Gasteiger partial charge in [0.2, 0.25) is 10.0 Å². The summed E-state index contributed by atoms with van der Waals surface area (Å²) in [7, 11) is -3.57.